The van der Waals surface area contributed by atoms with E-state index in [2.05, 4.69) is 30.3 Å². The van der Waals surface area contributed by atoms with E-state index >= 15 is 0 Å². The van der Waals surface area contributed by atoms with Gasteiger partial charge < -0.3 is 16.0 Å². The number of hydrogen-bond acceptors (Lipinski definition) is 3. The molecule has 1 atom stereocenters. The van der Waals surface area contributed by atoms with Crippen molar-refractivity contribution in [3.63, 3.8) is 0 Å². The van der Waals surface area contributed by atoms with Crippen molar-refractivity contribution in [3.05, 3.63) is 23.8 Å². The predicted octanol–water partition coefficient (Wildman–Crippen LogP) is 2.47. The summed E-state index contributed by atoms with van der Waals surface area (Å²) in [4.78, 5) is 2.45. The molecule has 1 heterocycles. The monoisotopic (exact) mass is 233 g/mol. The Labute approximate surface area is 104 Å². The highest BCUT2D eigenvalue weighted by Gasteiger charge is 2.18. The first kappa shape index (κ1) is 12.2. The van der Waals surface area contributed by atoms with Crippen LogP contribution in [0.1, 0.15) is 24.8 Å². The van der Waals surface area contributed by atoms with Crippen molar-refractivity contribution in [1.82, 2.24) is 4.90 Å². The second-order valence-electron chi connectivity index (χ2n) is 5.10. The zero-order valence-electron chi connectivity index (χ0n) is 10.9. The van der Waals surface area contributed by atoms with E-state index in [4.69, 9.17) is 5.73 Å². The van der Waals surface area contributed by atoms with E-state index in [1.54, 1.807) is 0 Å². The quantitative estimate of drug-likeness (QED) is 0.788. The molecule has 1 saturated heterocycles. The van der Waals surface area contributed by atoms with Gasteiger partial charge >= 0.3 is 0 Å². The lowest BCUT2D eigenvalue weighted by molar-refractivity contribution is 0.194. The zero-order valence-corrected chi connectivity index (χ0v) is 10.9. The lowest BCUT2D eigenvalue weighted by atomic mass is 10.0. The molecule has 0 spiro atoms. The molecule has 3 heteroatoms. The Morgan fingerprint density at radius 3 is 3.00 bits per heavy atom. The summed E-state index contributed by atoms with van der Waals surface area (Å²) in [6.45, 7) is 4.30. The third kappa shape index (κ3) is 3.13. The van der Waals surface area contributed by atoms with Crippen LogP contribution in [0.5, 0.6) is 0 Å². The molecule has 1 fully saturated rings. The number of nitrogens with zero attached hydrogens (tertiary/aromatic N) is 1. The molecule has 2 rings (SSSR count). The maximum absolute atomic E-state index is 5.96. The highest BCUT2D eigenvalue weighted by Crippen LogP contribution is 2.21. The average Bonchev–Trinajstić information content (AvgIpc) is 2.32. The topological polar surface area (TPSA) is 41.3 Å². The maximum atomic E-state index is 5.96. The number of aryl methyl sites for hydroxylation is 1. The third-order valence-electron chi connectivity index (χ3n) is 3.66. The van der Waals surface area contributed by atoms with Crippen LogP contribution in [-0.2, 0) is 0 Å². The number of nitrogens with two attached hydrogens (primary N) is 1. The minimum Gasteiger partial charge on any atom is -0.397 e. The molecule has 3 N–H and O–H groups in total. The van der Waals surface area contributed by atoms with Gasteiger partial charge in [-0.1, -0.05) is 12.5 Å². The van der Waals surface area contributed by atoms with Gasteiger partial charge in [0.1, 0.15) is 0 Å². The summed E-state index contributed by atoms with van der Waals surface area (Å²) in [5.74, 6) is 0. The Morgan fingerprint density at radius 2 is 2.24 bits per heavy atom. The van der Waals surface area contributed by atoms with Gasteiger partial charge in [-0.25, -0.2) is 0 Å². The lowest BCUT2D eigenvalue weighted by Crippen LogP contribution is -2.40. The summed E-state index contributed by atoms with van der Waals surface area (Å²) < 4.78 is 0. The zero-order chi connectivity index (χ0) is 12.3. The van der Waals surface area contributed by atoms with Crippen molar-refractivity contribution in [3.8, 4) is 0 Å². The minimum absolute atomic E-state index is 0.642. The van der Waals surface area contributed by atoms with Crippen LogP contribution in [0.4, 0.5) is 11.4 Å². The largest absolute Gasteiger partial charge is 0.397 e. The van der Waals surface area contributed by atoms with Crippen LogP contribution in [0.3, 0.4) is 0 Å². The number of hydrogen-bond donors (Lipinski definition) is 2. The molecular formula is C14H23N3. The number of nitrogen functional groups attached to an aromatic ring is 1. The number of likely N-dealkylation sites (N-methyl/N-ethyl adjacent to an activating group) is 1. The molecular weight excluding hydrogens is 210 g/mol. The van der Waals surface area contributed by atoms with Gasteiger partial charge in [0.15, 0.2) is 0 Å². The number of anilines is 2. The lowest BCUT2D eigenvalue weighted by Gasteiger charge is -2.32. The molecule has 1 aliphatic heterocycles. The van der Waals surface area contributed by atoms with E-state index in [0.29, 0.717) is 6.04 Å². The molecule has 0 radical (unpaired) electrons. The number of likely N-dealkylation sites (tertiary alicyclic amines) is 1. The first-order valence-electron chi connectivity index (χ1n) is 6.47. The van der Waals surface area contributed by atoms with E-state index in [0.717, 1.165) is 17.9 Å². The highest BCUT2D eigenvalue weighted by atomic mass is 15.2. The van der Waals surface area contributed by atoms with Crippen LogP contribution in [-0.4, -0.2) is 31.1 Å². The molecule has 3 nitrogen and oxygen atoms in total. The van der Waals surface area contributed by atoms with Gasteiger partial charge in [0.2, 0.25) is 0 Å². The number of rotatable bonds is 3. The number of nitrogens with one attached hydrogen (secondary N) is 1. The van der Waals surface area contributed by atoms with E-state index in [9.17, 15) is 0 Å². The van der Waals surface area contributed by atoms with Gasteiger partial charge in [-0.15, -0.1) is 0 Å². The molecule has 1 aromatic carbocycles. The summed E-state index contributed by atoms with van der Waals surface area (Å²) >= 11 is 0. The smallest absolute Gasteiger partial charge is 0.0577 e. The first-order valence-corrected chi connectivity index (χ1v) is 6.47. The van der Waals surface area contributed by atoms with Crippen molar-refractivity contribution < 1.29 is 0 Å². The Hall–Kier alpha value is -1.22. The van der Waals surface area contributed by atoms with E-state index in [1.807, 2.05) is 12.1 Å². The van der Waals surface area contributed by atoms with Crippen molar-refractivity contribution >= 4 is 11.4 Å². The molecule has 94 valence electrons. The summed E-state index contributed by atoms with van der Waals surface area (Å²) in [7, 11) is 2.21. The molecule has 1 unspecified atom stereocenters. The van der Waals surface area contributed by atoms with Gasteiger partial charge in [-0.3, -0.25) is 0 Å². The fraction of sp³-hybridized carbons (Fsp3) is 0.571. The number of piperidine rings is 1. The van der Waals surface area contributed by atoms with E-state index in [-0.39, 0.29) is 0 Å². The van der Waals surface area contributed by atoms with Gasteiger partial charge in [0.25, 0.3) is 0 Å². The van der Waals surface area contributed by atoms with Gasteiger partial charge in [0, 0.05) is 12.6 Å². The van der Waals surface area contributed by atoms with E-state index < -0.39 is 0 Å². The fourth-order valence-corrected chi connectivity index (χ4v) is 2.45. The SMILES string of the molecule is Cc1ccc(N)c(NCC2CCCCN2C)c1. The molecule has 0 aliphatic carbocycles. The van der Waals surface area contributed by atoms with Crippen molar-refractivity contribution in [2.24, 2.45) is 0 Å². The summed E-state index contributed by atoms with van der Waals surface area (Å²) in [5, 5.41) is 3.49. The van der Waals surface area contributed by atoms with Crippen LogP contribution >= 0.6 is 0 Å². The van der Waals surface area contributed by atoms with Crippen LogP contribution in [0, 0.1) is 6.92 Å². The van der Waals surface area contributed by atoms with Crippen LogP contribution < -0.4 is 11.1 Å². The molecule has 1 aliphatic rings. The summed E-state index contributed by atoms with van der Waals surface area (Å²) in [5.41, 5.74) is 9.13. The van der Waals surface area contributed by atoms with Crippen LogP contribution in [0.2, 0.25) is 0 Å². The van der Waals surface area contributed by atoms with Crippen LogP contribution in [0.25, 0.3) is 0 Å². The third-order valence-corrected chi connectivity index (χ3v) is 3.66. The highest BCUT2D eigenvalue weighted by molar-refractivity contribution is 5.66. The minimum atomic E-state index is 0.642. The average molecular weight is 233 g/mol. The summed E-state index contributed by atoms with van der Waals surface area (Å²) in [6, 6.07) is 6.79. The second-order valence-corrected chi connectivity index (χ2v) is 5.10. The Morgan fingerprint density at radius 1 is 1.41 bits per heavy atom. The van der Waals surface area contributed by atoms with Gasteiger partial charge in [-0.2, -0.15) is 0 Å². The van der Waals surface area contributed by atoms with Gasteiger partial charge in [0.05, 0.1) is 11.4 Å². The second kappa shape index (κ2) is 5.41. The molecule has 1 aromatic rings. The van der Waals surface area contributed by atoms with Gasteiger partial charge in [-0.05, 0) is 51.1 Å². The molecule has 0 saturated carbocycles. The molecule has 0 aromatic heterocycles. The molecule has 17 heavy (non-hydrogen) atoms. The van der Waals surface area contributed by atoms with Crippen molar-refractivity contribution in [1.29, 1.82) is 0 Å². The standard InChI is InChI=1S/C14H23N3/c1-11-6-7-13(15)14(9-11)16-10-12-5-3-4-8-17(12)2/h6-7,9,12,16H,3-5,8,10,15H2,1-2H3. The van der Waals surface area contributed by atoms with Crippen LogP contribution in [0.15, 0.2) is 18.2 Å². The van der Waals surface area contributed by atoms with E-state index in [1.165, 1.54) is 31.4 Å². The predicted molar refractivity (Wildman–Crippen MR) is 74.4 cm³/mol. The Balaban J connectivity index is 1.94. The van der Waals surface area contributed by atoms with Crippen molar-refractivity contribution in [2.45, 2.75) is 32.2 Å². The number of benzene rings is 1. The van der Waals surface area contributed by atoms with Crippen molar-refractivity contribution in [2.75, 3.05) is 31.2 Å². The normalized spacial score (nSPS) is 21.4. The maximum Gasteiger partial charge on any atom is 0.0577 e. The molecule has 0 bridgehead atoms. The first-order chi connectivity index (χ1) is 8.16. The fourth-order valence-electron chi connectivity index (χ4n) is 2.45. The Bertz CT molecular complexity index is 376. The molecule has 0 amide bonds. The summed E-state index contributed by atoms with van der Waals surface area (Å²) in [6.07, 6.45) is 3.97. The Kier molecular flexibility index (Phi) is 3.89.